The van der Waals surface area contributed by atoms with Gasteiger partial charge in [0.2, 0.25) is 0 Å². The van der Waals surface area contributed by atoms with Gasteiger partial charge in [-0.15, -0.1) is 0 Å². The van der Waals surface area contributed by atoms with Crippen LogP contribution in [0.15, 0.2) is 59.0 Å². The van der Waals surface area contributed by atoms with E-state index in [0.717, 1.165) is 79.9 Å². The van der Waals surface area contributed by atoms with E-state index in [1.54, 1.807) is 22.4 Å². The van der Waals surface area contributed by atoms with Gasteiger partial charge in [0.1, 0.15) is 5.82 Å². The minimum absolute atomic E-state index is 0. The summed E-state index contributed by atoms with van der Waals surface area (Å²) in [5.41, 5.74) is 3.76. The molecule has 3 fully saturated rings. The van der Waals surface area contributed by atoms with Crippen LogP contribution in [-0.4, -0.2) is 22.3 Å². The molecular formula is C43H68N2O2. The summed E-state index contributed by atoms with van der Waals surface area (Å²) in [6, 6.07) is 11.3. The highest BCUT2D eigenvalue weighted by molar-refractivity contribution is 5.27. The van der Waals surface area contributed by atoms with Crippen LogP contribution in [0.1, 0.15) is 139 Å². The van der Waals surface area contributed by atoms with Crippen molar-refractivity contribution in [2.24, 2.45) is 46.3 Å². The highest BCUT2D eigenvalue weighted by Crippen LogP contribution is 2.67. The summed E-state index contributed by atoms with van der Waals surface area (Å²) in [5.74, 6) is 6.10. The monoisotopic (exact) mass is 645 g/mol. The number of fused-ring (bicyclic) bond motifs is 5. The number of aryl methyl sites for hydroxylation is 1. The maximum Gasteiger partial charge on any atom is 0.256 e. The molecule has 2 aromatic rings. The van der Waals surface area contributed by atoms with Gasteiger partial charge < -0.3 is 4.74 Å². The van der Waals surface area contributed by atoms with Crippen molar-refractivity contribution in [2.75, 3.05) is 6.61 Å². The lowest BCUT2D eigenvalue weighted by Gasteiger charge is -2.58. The van der Waals surface area contributed by atoms with Crippen molar-refractivity contribution in [3.05, 3.63) is 70.3 Å². The Morgan fingerprint density at radius 1 is 0.915 bits per heavy atom. The average Bonchev–Trinajstić information content (AvgIpc) is 3.42. The number of hydrogen-bond donors (Lipinski definition) is 0. The topological polar surface area (TPSA) is 44.1 Å². The van der Waals surface area contributed by atoms with E-state index in [2.05, 4.69) is 51.7 Å². The van der Waals surface area contributed by atoms with Crippen LogP contribution < -0.4 is 5.56 Å². The molecule has 47 heavy (non-hydrogen) atoms. The van der Waals surface area contributed by atoms with E-state index in [0.29, 0.717) is 22.8 Å². The fraction of sp³-hybridized carbons (Fsp3) is 0.721. The van der Waals surface area contributed by atoms with Gasteiger partial charge in [-0.25, -0.2) is 4.98 Å². The summed E-state index contributed by atoms with van der Waals surface area (Å²) in [7, 11) is 0. The van der Waals surface area contributed by atoms with Gasteiger partial charge in [0.05, 0.1) is 6.10 Å². The van der Waals surface area contributed by atoms with Crippen molar-refractivity contribution in [3.8, 4) is 5.82 Å². The van der Waals surface area contributed by atoms with Crippen molar-refractivity contribution in [2.45, 2.75) is 143 Å². The molecule has 4 heteroatoms. The lowest BCUT2D eigenvalue weighted by Crippen LogP contribution is -2.51. The second-order valence-corrected chi connectivity index (χ2v) is 17.1. The number of rotatable bonds is 14. The third-order valence-corrected chi connectivity index (χ3v) is 13.9. The third kappa shape index (κ3) is 7.38. The minimum Gasteiger partial charge on any atom is -0.378 e. The molecule has 0 bridgehead atoms. The highest BCUT2D eigenvalue weighted by atomic mass is 16.5. The van der Waals surface area contributed by atoms with Crippen LogP contribution in [0.25, 0.3) is 5.82 Å². The summed E-state index contributed by atoms with van der Waals surface area (Å²) in [6.45, 7) is 13.6. The Hall–Kier alpha value is -2.20. The number of allylic oxidation sites excluding steroid dienone is 1. The maximum absolute atomic E-state index is 12.6. The molecule has 0 saturated heterocycles. The van der Waals surface area contributed by atoms with Crippen LogP contribution in [0, 0.1) is 46.3 Å². The van der Waals surface area contributed by atoms with Gasteiger partial charge in [-0.1, -0.05) is 90.5 Å². The largest absolute Gasteiger partial charge is 0.378 e. The van der Waals surface area contributed by atoms with Gasteiger partial charge in [-0.2, -0.15) is 0 Å². The molecule has 0 radical (unpaired) electrons. The molecule has 4 aliphatic rings. The summed E-state index contributed by atoms with van der Waals surface area (Å²) in [4.78, 5) is 17.0. The molecule has 2 unspecified atom stereocenters. The Kier molecular flexibility index (Phi) is 11.2. The molecule has 8 atom stereocenters. The Morgan fingerprint density at radius 2 is 1.77 bits per heavy atom. The van der Waals surface area contributed by atoms with Crippen molar-refractivity contribution >= 4 is 0 Å². The zero-order valence-electron chi connectivity index (χ0n) is 30.4. The summed E-state index contributed by atoms with van der Waals surface area (Å²) < 4.78 is 8.31. The molecule has 2 aromatic heterocycles. The van der Waals surface area contributed by atoms with Crippen LogP contribution in [0.3, 0.4) is 0 Å². The first-order chi connectivity index (χ1) is 22.7. The highest BCUT2D eigenvalue weighted by Gasteiger charge is 2.59. The van der Waals surface area contributed by atoms with E-state index in [1.165, 1.54) is 70.6 Å². The second-order valence-electron chi connectivity index (χ2n) is 17.1. The van der Waals surface area contributed by atoms with Crippen molar-refractivity contribution in [3.63, 3.8) is 0 Å². The molecule has 0 N–H and O–H groups in total. The lowest BCUT2D eigenvalue weighted by molar-refractivity contribution is -0.0641. The molecule has 0 aliphatic heterocycles. The standard InChI is InChI=1S/C43H64N2O2.2H2/c1-31(2)14-12-15-32(3)37-22-23-38-36-21-20-33-30-35(24-26-42(33,4)39(36)25-27-43(37,38)5)47-29-11-7-6-8-16-34-17-13-19-41(46)45(34)40-18-9-10-28-44-40;;/h9-10,13,17-20,28,31-32,35-39H,6-8,11-12,14-16,21-27,29-30H2,1-5H3;2*1H/t32-,35+,36+,37-,38?,39?,42+,43-;;/m1../s1. The summed E-state index contributed by atoms with van der Waals surface area (Å²) in [5, 5.41) is 0. The van der Waals surface area contributed by atoms with E-state index in [-0.39, 0.29) is 8.41 Å². The minimum atomic E-state index is -0.00606. The maximum atomic E-state index is 12.6. The first-order valence-electron chi connectivity index (χ1n) is 19.6. The van der Waals surface area contributed by atoms with Gasteiger partial charge in [0, 0.05) is 27.4 Å². The van der Waals surface area contributed by atoms with E-state index in [9.17, 15) is 4.79 Å². The van der Waals surface area contributed by atoms with Gasteiger partial charge >= 0.3 is 0 Å². The van der Waals surface area contributed by atoms with Crippen LogP contribution >= 0.6 is 0 Å². The molecule has 4 aliphatic carbocycles. The Labute approximate surface area is 289 Å². The second kappa shape index (κ2) is 15.1. The number of hydrogen-bond acceptors (Lipinski definition) is 3. The van der Waals surface area contributed by atoms with E-state index in [1.807, 2.05) is 24.3 Å². The molecule has 6 rings (SSSR count). The van der Waals surface area contributed by atoms with Crippen LogP contribution in [0.4, 0.5) is 0 Å². The number of pyridine rings is 2. The van der Waals surface area contributed by atoms with Crippen LogP contribution in [-0.2, 0) is 11.2 Å². The number of nitrogens with zero attached hydrogens (tertiary/aromatic N) is 2. The van der Waals surface area contributed by atoms with E-state index in [4.69, 9.17) is 4.74 Å². The first kappa shape index (κ1) is 34.7. The molecule has 262 valence electrons. The van der Waals surface area contributed by atoms with E-state index >= 15 is 0 Å². The predicted molar refractivity (Wildman–Crippen MR) is 199 cm³/mol. The fourth-order valence-electron chi connectivity index (χ4n) is 11.3. The van der Waals surface area contributed by atoms with E-state index < -0.39 is 0 Å². The Balaban J connectivity index is 0.00000270. The SMILES string of the molecule is CC(C)CCC[C@@H](C)[C@H]1CCC2[C@@H]3CC=C4C[C@@H](OCCCCCCc5cccc(=O)n5-c5ccccn5)CC[C@]4(C)C3CC[C@@]21C.[HH].[HH]. The quantitative estimate of drug-likeness (QED) is 0.152. The molecule has 3 saturated carbocycles. The van der Waals surface area contributed by atoms with Crippen LogP contribution in [0.2, 0.25) is 0 Å². The molecule has 4 nitrogen and oxygen atoms in total. The van der Waals surface area contributed by atoms with Crippen LogP contribution in [0.5, 0.6) is 0 Å². The van der Waals surface area contributed by atoms with Crippen molar-refractivity contribution in [1.82, 2.24) is 9.55 Å². The smallest absolute Gasteiger partial charge is 0.256 e. The average molecular weight is 645 g/mol. The Morgan fingerprint density at radius 3 is 2.57 bits per heavy atom. The Bertz CT molecular complexity index is 1410. The molecule has 0 aromatic carbocycles. The zero-order chi connectivity index (χ0) is 33.0. The third-order valence-electron chi connectivity index (χ3n) is 13.9. The fourth-order valence-corrected chi connectivity index (χ4v) is 11.3. The molecule has 0 amide bonds. The molecule has 2 heterocycles. The van der Waals surface area contributed by atoms with Gasteiger partial charge in [-0.3, -0.25) is 9.36 Å². The number of unbranched alkanes of at least 4 members (excludes halogenated alkanes) is 3. The zero-order valence-corrected chi connectivity index (χ0v) is 30.4. The van der Waals surface area contributed by atoms with Gasteiger partial charge in [-0.05, 0) is 135 Å². The van der Waals surface area contributed by atoms with Gasteiger partial charge in [0.25, 0.3) is 5.56 Å². The first-order valence-corrected chi connectivity index (χ1v) is 19.6. The molecule has 0 spiro atoms. The normalized spacial score (nSPS) is 32.4. The summed E-state index contributed by atoms with van der Waals surface area (Å²) >= 11 is 0. The molecular weight excluding hydrogens is 576 g/mol. The number of ether oxygens (including phenoxy) is 1. The van der Waals surface area contributed by atoms with Crippen molar-refractivity contribution < 1.29 is 7.59 Å². The van der Waals surface area contributed by atoms with Crippen molar-refractivity contribution in [1.29, 1.82) is 0 Å². The number of aromatic nitrogens is 2. The summed E-state index contributed by atoms with van der Waals surface area (Å²) in [6.07, 6.45) is 25.5. The lowest BCUT2D eigenvalue weighted by atomic mass is 9.47. The van der Waals surface area contributed by atoms with Gasteiger partial charge in [0.15, 0.2) is 0 Å². The predicted octanol–water partition coefficient (Wildman–Crippen LogP) is 11.3.